The zero-order valence-corrected chi connectivity index (χ0v) is 22.6. The highest BCUT2D eigenvalue weighted by atomic mass is 79.9. The summed E-state index contributed by atoms with van der Waals surface area (Å²) in [6.45, 7) is 4.84. The number of hydrogen-bond acceptors (Lipinski definition) is 2. The van der Waals surface area contributed by atoms with Crippen LogP contribution in [-0.2, 0) is 4.74 Å². The third-order valence-corrected chi connectivity index (χ3v) is 10.1. The first kappa shape index (κ1) is 22.7. The summed E-state index contributed by atoms with van der Waals surface area (Å²) in [5.41, 5.74) is 7.05. The summed E-state index contributed by atoms with van der Waals surface area (Å²) >= 11 is 10.2. The lowest BCUT2D eigenvalue weighted by molar-refractivity contribution is -0.0271. The monoisotopic (exact) mass is 555 g/mol. The summed E-state index contributed by atoms with van der Waals surface area (Å²) < 4.78 is 7.11. The Bertz CT molecular complexity index is 1430. The highest BCUT2D eigenvalue weighted by Crippen LogP contribution is 2.75. The Labute approximate surface area is 225 Å². The van der Waals surface area contributed by atoms with Gasteiger partial charge in [0.15, 0.2) is 0 Å². The predicted molar refractivity (Wildman–Crippen MR) is 152 cm³/mol. The van der Waals surface area contributed by atoms with Gasteiger partial charge < -0.3 is 4.74 Å². The van der Waals surface area contributed by atoms with Crippen molar-refractivity contribution in [1.82, 2.24) is 0 Å². The minimum absolute atomic E-state index is 0.0187. The van der Waals surface area contributed by atoms with Crippen molar-refractivity contribution in [2.75, 3.05) is 0 Å². The number of alkyl halides is 1. The van der Waals surface area contributed by atoms with Gasteiger partial charge in [-0.1, -0.05) is 114 Å². The maximum Gasteiger partial charge on any atom is 0.0829 e. The van der Waals surface area contributed by atoms with E-state index in [1.54, 1.807) is 0 Å². The lowest BCUT2D eigenvalue weighted by Crippen LogP contribution is -2.53. The van der Waals surface area contributed by atoms with Gasteiger partial charge in [-0.05, 0) is 46.5 Å². The van der Waals surface area contributed by atoms with E-state index in [1.165, 1.54) is 28.0 Å². The summed E-state index contributed by atoms with van der Waals surface area (Å²) in [5, 5.41) is 0.726. The van der Waals surface area contributed by atoms with E-state index in [9.17, 15) is 0 Å². The highest BCUT2D eigenvalue weighted by Gasteiger charge is 2.75. The van der Waals surface area contributed by atoms with Crippen molar-refractivity contribution in [3.05, 3.63) is 113 Å². The van der Waals surface area contributed by atoms with Crippen LogP contribution in [0.1, 0.15) is 25.0 Å². The van der Waals surface area contributed by atoms with Crippen LogP contribution in [0.15, 0.2) is 102 Å². The van der Waals surface area contributed by atoms with Crippen LogP contribution in [0, 0.1) is 22.7 Å². The molecule has 180 valence electrons. The standard InChI is InChI=1S/C32H27BrClNO/c1-31-23-17-18-24(33)29-27(28(23)35-22-15-13-21(34)14-16-22)32(2,30(31)36-29)26(20-11-7-4-8-12-20)25(31)19-9-5-3-6-10-19/h3-18,23-24,27,29-30H,1-2H3/t23-,24-,27-,29+,30?,31-,32-/m0/s1. The molecule has 1 saturated carbocycles. The summed E-state index contributed by atoms with van der Waals surface area (Å²) in [4.78, 5) is 5.53. The lowest BCUT2D eigenvalue weighted by Gasteiger charge is -2.48. The lowest BCUT2D eigenvalue weighted by atomic mass is 9.54. The molecule has 36 heavy (non-hydrogen) atoms. The Hall–Kier alpha value is -2.46. The first-order valence-electron chi connectivity index (χ1n) is 12.6. The molecule has 5 bridgehead atoms. The van der Waals surface area contributed by atoms with Crippen LogP contribution in [0.3, 0.4) is 0 Å². The molecular formula is C32H27BrClNO. The fraction of sp³-hybridized carbons (Fsp3) is 0.281. The maximum atomic E-state index is 7.11. The quantitative estimate of drug-likeness (QED) is 0.234. The van der Waals surface area contributed by atoms with E-state index in [0.717, 1.165) is 10.7 Å². The molecule has 2 fully saturated rings. The molecule has 0 aromatic heterocycles. The van der Waals surface area contributed by atoms with Crippen molar-refractivity contribution < 1.29 is 4.74 Å². The van der Waals surface area contributed by atoms with Gasteiger partial charge in [0.2, 0.25) is 0 Å². The van der Waals surface area contributed by atoms with E-state index in [2.05, 4.69) is 103 Å². The molecule has 0 radical (unpaired) electrons. The van der Waals surface area contributed by atoms with Gasteiger partial charge in [-0.15, -0.1) is 0 Å². The molecule has 1 saturated heterocycles. The second-order valence-electron chi connectivity index (χ2n) is 10.8. The molecule has 2 nitrogen and oxygen atoms in total. The van der Waals surface area contributed by atoms with Crippen molar-refractivity contribution in [3.63, 3.8) is 0 Å². The van der Waals surface area contributed by atoms with Gasteiger partial charge in [-0.3, -0.25) is 4.99 Å². The molecule has 3 aromatic rings. The Morgan fingerprint density at radius 1 is 0.778 bits per heavy atom. The Morgan fingerprint density at radius 2 is 1.36 bits per heavy atom. The Kier molecular flexibility index (Phi) is 5.06. The molecule has 4 aliphatic rings. The number of aliphatic imine (C=N–C) groups is 1. The smallest absolute Gasteiger partial charge is 0.0829 e. The molecule has 7 rings (SSSR count). The van der Waals surface area contributed by atoms with Crippen LogP contribution in [-0.4, -0.2) is 22.7 Å². The number of nitrogens with zero attached hydrogens (tertiary/aromatic N) is 1. The average Bonchev–Trinajstić information content (AvgIpc) is 3.17. The molecule has 0 amide bonds. The van der Waals surface area contributed by atoms with E-state index in [4.69, 9.17) is 21.3 Å². The second-order valence-corrected chi connectivity index (χ2v) is 12.3. The molecule has 3 aliphatic carbocycles. The molecule has 1 aliphatic heterocycles. The van der Waals surface area contributed by atoms with Gasteiger partial charge in [-0.25, -0.2) is 0 Å². The van der Waals surface area contributed by atoms with Crippen molar-refractivity contribution in [1.29, 1.82) is 0 Å². The van der Waals surface area contributed by atoms with Crippen molar-refractivity contribution in [2.45, 2.75) is 30.9 Å². The molecule has 7 atom stereocenters. The topological polar surface area (TPSA) is 21.6 Å². The fourth-order valence-electron chi connectivity index (χ4n) is 7.70. The number of ether oxygens (including phenoxy) is 1. The summed E-state index contributed by atoms with van der Waals surface area (Å²) in [7, 11) is 0. The molecule has 1 unspecified atom stereocenters. The van der Waals surface area contributed by atoms with Crippen molar-refractivity contribution >= 4 is 50.1 Å². The fourth-order valence-corrected chi connectivity index (χ4v) is 8.44. The summed E-state index contributed by atoms with van der Waals surface area (Å²) in [6.07, 6.45) is 4.77. The number of allylic oxidation sites excluding steroid dienone is 1. The molecule has 1 heterocycles. The predicted octanol–water partition coefficient (Wildman–Crippen LogP) is 8.40. The van der Waals surface area contributed by atoms with E-state index in [1.807, 2.05) is 24.3 Å². The highest BCUT2D eigenvalue weighted by molar-refractivity contribution is 9.09. The van der Waals surface area contributed by atoms with Gasteiger partial charge in [0.05, 0.1) is 22.7 Å². The zero-order chi connectivity index (χ0) is 24.7. The Morgan fingerprint density at radius 3 is 1.97 bits per heavy atom. The number of fused-ring (bicyclic) bond motifs is 2. The molecular weight excluding hydrogens is 530 g/mol. The summed E-state index contributed by atoms with van der Waals surface area (Å²) in [6, 6.07) is 29.7. The van der Waals surface area contributed by atoms with Crippen molar-refractivity contribution in [3.8, 4) is 0 Å². The molecule has 3 aromatic carbocycles. The first-order chi connectivity index (χ1) is 17.4. The number of halogens is 2. The van der Waals surface area contributed by atoms with Gasteiger partial charge in [0.25, 0.3) is 0 Å². The third kappa shape index (κ3) is 2.91. The minimum Gasteiger partial charge on any atom is -0.371 e. The normalized spacial score (nSPS) is 37.1. The van der Waals surface area contributed by atoms with Crippen LogP contribution in [0.4, 0.5) is 5.69 Å². The van der Waals surface area contributed by atoms with Gasteiger partial charge in [-0.2, -0.15) is 0 Å². The minimum atomic E-state index is -0.262. The summed E-state index contributed by atoms with van der Waals surface area (Å²) in [5.74, 6) is 0.271. The zero-order valence-electron chi connectivity index (χ0n) is 20.2. The number of rotatable bonds is 3. The maximum absolute atomic E-state index is 7.11. The van der Waals surface area contributed by atoms with Crippen LogP contribution < -0.4 is 0 Å². The van der Waals surface area contributed by atoms with Crippen LogP contribution in [0.25, 0.3) is 11.1 Å². The van der Waals surface area contributed by atoms with E-state index >= 15 is 0 Å². The van der Waals surface area contributed by atoms with Gasteiger partial charge >= 0.3 is 0 Å². The van der Waals surface area contributed by atoms with Gasteiger partial charge in [0, 0.05) is 33.4 Å². The number of hydrogen-bond donors (Lipinski definition) is 0. The largest absolute Gasteiger partial charge is 0.371 e. The van der Waals surface area contributed by atoms with Crippen LogP contribution >= 0.6 is 27.5 Å². The number of benzene rings is 3. The molecule has 0 N–H and O–H groups in total. The molecule has 0 spiro atoms. The first-order valence-corrected chi connectivity index (χ1v) is 13.9. The van der Waals surface area contributed by atoms with Gasteiger partial charge in [0.1, 0.15) is 0 Å². The van der Waals surface area contributed by atoms with Crippen molar-refractivity contribution in [2.24, 2.45) is 27.7 Å². The Balaban J connectivity index is 1.56. The van der Waals surface area contributed by atoms with E-state index < -0.39 is 0 Å². The second kappa shape index (κ2) is 8.02. The van der Waals surface area contributed by atoms with E-state index in [-0.39, 0.29) is 39.7 Å². The third-order valence-electron chi connectivity index (χ3n) is 8.98. The average molecular weight is 557 g/mol. The van der Waals surface area contributed by atoms with Crippen LogP contribution in [0.5, 0.6) is 0 Å². The van der Waals surface area contributed by atoms with E-state index in [0.29, 0.717) is 0 Å². The molecule has 4 heteroatoms. The SMILES string of the molecule is C[C@]12C(c3ccccc3)=C(c3ccccc3)[C@]3(C)C1O[C@@H]1[C@@H](Br)C=C[C@H]2C(=Nc2ccc(Cl)cc2)[C@@H]13. The van der Waals surface area contributed by atoms with Crippen LogP contribution in [0.2, 0.25) is 5.02 Å².